The number of ether oxygens (including phenoxy) is 1. The molecule has 21 heavy (non-hydrogen) atoms. The van der Waals surface area contributed by atoms with Crippen LogP contribution in [0.4, 0.5) is 5.13 Å². The Hall–Kier alpha value is -0.650. The highest BCUT2D eigenvalue weighted by Crippen LogP contribution is 2.27. The lowest BCUT2D eigenvalue weighted by molar-refractivity contribution is 0.204. The molecule has 0 unspecified atom stereocenters. The molecule has 0 aliphatic rings. The number of methoxy groups -OCH3 is 1. The molecule has 1 N–H and O–H groups in total. The van der Waals surface area contributed by atoms with Crippen molar-refractivity contribution < 1.29 is 4.74 Å². The quantitative estimate of drug-likeness (QED) is 0.797. The largest absolute Gasteiger partial charge is 0.383 e. The normalized spacial score (nSPS) is 12.2. The number of thiazole rings is 1. The number of rotatable bonds is 8. The van der Waals surface area contributed by atoms with Crippen molar-refractivity contribution in [2.75, 3.05) is 31.7 Å². The Morgan fingerprint density at radius 3 is 2.52 bits per heavy atom. The summed E-state index contributed by atoms with van der Waals surface area (Å²) in [6.45, 7) is 16.7. The third-order valence-corrected chi connectivity index (χ3v) is 4.30. The predicted octanol–water partition coefficient (Wildman–Crippen LogP) is 3.45. The molecule has 1 aromatic rings. The molecule has 0 fully saturated rings. The van der Waals surface area contributed by atoms with Crippen molar-refractivity contribution in [2.45, 2.75) is 53.6 Å². The van der Waals surface area contributed by atoms with Gasteiger partial charge in [0.1, 0.15) is 0 Å². The molecule has 1 aromatic heterocycles. The Labute approximate surface area is 133 Å². The molecule has 1 rings (SSSR count). The van der Waals surface area contributed by atoms with Crippen LogP contribution in [0.1, 0.15) is 45.2 Å². The minimum Gasteiger partial charge on any atom is -0.383 e. The van der Waals surface area contributed by atoms with Crippen molar-refractivity contribution >= 4 is 16.5 Å². The maximum Gasteiger partial charge on any atom is 0.185 e. The number of nitrogens with one attached hydrogen (secondary N) is 1. The molecule has 122 valence electrons. The van der Waals surface area contributed by atoms with Gasteiger partial charge in [0.2, 0.25) is 0 Å². The Kier molecular flexibility index (Phi) is 7.10. The third kappa shape index (κ3) is 6.76. The van der Waals surface area contributed by atoms with Gasteiger partial charge in [-0.15, -0.1) is 11.3 Å². The molecule has 0 spiro atoms. The van der Waals surface area contributed by atoms with Crippen molar-refractivity contribution in [1.82, 2.24) is 10.3 Å². The summed E-state index contributed by atoms with van der Waals surface area (Å²) in [6.07, 6.45) is 0. The van der Waals surface area contributed by atoms with Gasteiger partial charge < -0.3 is 15.0 Å². The van der Waals surface area contributed by atoms with Gasteiger partial charge in [-0.1, -0.05) is 13.8 Å². The van der Waals surface area contributed by atoms with Crippen LogP contribution < -0.4 is 10.2 Å². The van der Waals surface area contributed by atoms with Crippen molar-refractivity contribution in [1.29, 1.82) is 0 Å². The predicted molar refractivity (Wildman–Crippen MR) is 92.4 cm³/mol. The van der Waals surface area contributed by atoms with Gasteiger partial charge in [-0.2, -0.15) is 0 Å². The number of aryl methyl sites for hydroxylation is 1. The summed E-state index contributed by atoms with van der Waals surface area (Å²) in [4.78, 5) is 8.43. The van der Waals surface area contributed by atoms with E-state index in [0.717, 1.165) is 37.1 Å². The molecule has 0 aliphatic heterocycles. The van der Waals surface area contributed by atoms with E-state index in [4.69, 9.17) is 9.72 Å². The second-order valence-corrected chi connectivity index (χ2v) is 8.00. The highest BCUT2D eigenvalue weighted by molar-refractivity contribution is 7.15. The second kappa shape index (κ2) is 8.11. The molecule has 0 atom stereocenters. The summed E-state index contributed by atoms with van der Waals surface area (Å²) in [5.74, 6) is 0.613. The molecule has 0 saturated heterocycles. The Balaban J connectivity index is 2.79. The van der Waals surface area contributed by atoms with Gasteiger partial charge in [-0.25, -0.2) is 4.98 Å². The molecule has 5 heteroatoms. The number of hydrogen-bond acceptors (Lipinski definition) is 5. The van der Waals surface area contributed by atoms with Gasteiger partial charge in [0.05, 0.1) is 12.3 Å². The fraction of sp³-hybridized carbons (Fsp3) is 0.812. The van der Waals surface area contributed by atoms with Crippen LogP contribution in [0.15, 0.2) is 0 Å². The van der Waals surface area contributed by atoms with Crippen molar-refractivity contribution in [2.24, 2.45) is 5.92 Å². The topological polar surface area (TPSA) is 37.4 Å². The highest BCUT2D eigenvalue weighted by Gasteiger charge is 2.17. The van der Waals surface area contributed by atoms with Crippen molar-refractivity contribution in [3.8, 4) is 0 Å². The molecule has 0 aliphatic carbocycles. The van der Waals surface area contributed by atoms with Crippen LogP contribution in [-0.4, -0.2) is 37.3 Å². The van der Waals surface area contributed by atoms with E-state index in [1.54, 1.807) is 18.4 Å². The van der Waals surface area contributed by atoms with E-state index in [-0.39, 0.29) is 5.54 Å². The first-order valence-electron chi connectivity index (χ1n) is 7.68. The number of nitrogens with zero attached hydrogens (tertiary/aromatic N) is 2. The summed E-state index contributed by atoms with van der Waals surface area (Å²) in [5, 5.41) is 4.66. The zero-order chi connectivity index (χ0) is 16.0. The van der Waals surface area contributed by atoms with Crippen molar-refractivity contribution in [3.63, 3.8) is 0 Å². The summed E-state index contributed by atoms with van der Waals surface area (Å²) >= 11 is 1.80. The Bertz CT molecular complexity index is 424. The lowest BCUT2D eigenvalue weighted by atomic mass is 10.1. The summed E-state index contributed by atoms with van der Waals surface area (Å²) in [6, 6.07) is 0. The number of hydrogen-bond donors (Lipinski definition) is 1. The SMILES string of the molecule is COCCN(CC(C)C)c1nc(C)c(CNC(C)(C)C)s1. The van der Waals surface area contributed by atoms with E-state index in [0.29, 0.717) is 5.92 Å². The molecule has 4 nitrogen and oxygen atoms in total. The number of aromatic nitrogens is 1. The average Bonchev–Trinajstić information content (AvgIpc) is 2.72. The maximum absolute atomic E-state index is 5.23. The first kappa shape index (κ1) is 18.4. The zero-order valence-electron chi connectivity index (χ0n) is 14.6. The standard InChI is InChI=1S/C16H31N3OS/c1-12(2)11-19(8-9-20-7)15-18-13(3)14(21-15)10-17-16(4,5)6/h12,17H,8-11H2,1-7H3. The van der Waals surface area contributed by atoms with Gasteiger partial charge in [-0.3, -0.25) is 0 Å². The molecule has 0 amide bonds. The van der Waals surface area contributed by atoms with Crippen LogP contribution in [0.5, 0.6) is 0 Å². The van der Waals surface area contributed by atoms with Crippen molar-refractivity contribution in [3.05, 3.63) is 10.6 Å². The number of anilines is 1. The fourth-order valence-corrected chi connectivity index (χ4v) is 3.00. The smallest absolute Gasteiger partial charge is 0.185 e. The van der Waals surface area contributed by atoms with E-state index in [2.05, 4.69) is 51.8 Å². The molecule has 0 radical (unpaired) electrons. The van der Waals surface area contributed by atoms with E-state index in [1.165, 1.54) is 4.88 Å². The minimum atomic E-state index is 0.129. The van der Waals surface area contributed by atoms with Gasteiger partial charge in [-0.05, 0) is 33.6 Å². The first-order valence-corrected chi connectivity index (χ1v) is 8.49. The van der Waals surface area contributed by atoms with Crippen LogP contribution in [-0.2, 0) is 11.3 Å². The van der Waals surface area contributed by atoms with E-state index < -0.39 is 0 Å². The zero-order valence-corrected chi connectivity index (χ0v) is 15.4. The Morgan fingerprint density at radius 2 is 2.00 bits per heavy atom. The average molecular weight is 314 g/mol. The highest BCUT2D eigenvalue weighted by atomic mass is 32.1. The first-order chi connectivity index (χ1) is 9.73. The van der Waals surface area contributed by atoms with Gasteiger partial charge >= 0.3 is 0 Å². The summed E-state index contributed by atoms with van der Waals surface area (Å²) < 4.78 is 5.23. The fourth-order valence-electron chi connectivity index (χ4n) is 1.96. The lowest BCUT2D eigenvalue weighted by Gasteiger charge is -2.23. The second-order valence-electron chi connectivity index (χ2n) is 6.94. The summed E-state index contributed by atoms with van der Waals surface area (Å²) in [7, 11) is 1.75. The molecule has 1 heterocycles. The molecule has 0 bridgehead atoms. The van der Waals surface area contributed by atoms with Crippen LogP contribution in [0.2, 0.25) is 0 Å². The lowest BCUT2D eigenvalue weighted by Crippen LogP contribution is -2.34. The van der Waals surface area contributed by atoms with E-state index in [9.17, 15) is 0 Å². The van der Waals surface area contributed by atoms with Gasteiger partial charge in [0, 0.05) is 37.2 Å². The van der Waals surface area contributed by atoms with E-state index in [1.807, 2.05) is 0 Å². The van der Waals surface area contributed by atoms with Gasteiger partial charge in [0.15, 0.2) is 5.13 Å². The van der Waals surface area contributed by atoms with Crippen LogP contribution in [0, 0.1) is 12.8 Å². The molecular formula is C16H31N3OS. The molecule has 0 aromatic carbocycles. The summed E-state index contributed by atoms with van der Waals surface area (Å²) in [5.41, 5.74) is 1.27. The van der Waals surface area contributed by atoms with Crippen LogP contribution >= 0.6 is 11.3 Å². The van der Waals surface area contributed by atoms with E-state index >= 15 is 0 Å². The van der Waals surface area contributed by atoms with Gasteiger partial charge in [0.25, 0.3) is 0 Å². The Morgan fingerprint density at radius 1 is 1.33 bits per heavy atom. The minimum absolute atomic E-state index is 0.129. The molecular weight excluding hydrogens is 282 g/mol. The maximum atomic E-state index is 5.23. The monoisotopic (exact) mass is 313 g/mol. The van der Waals surface area contributed by atoms with Crippen LogP contribution in [0.3, 0.4) is 0 Å². The van der Waals surface area contributed by atoms with Crippen LogP contribution in [0.25, 0.3) is 0 Å². The molecule has 0 saturated carbocycles. The third-order valence-electron chi connectivity index (χ3n) is 3.08.